The largest absolute Gasteiger partial charge is 0.312 e. The Morgan fingerprint density at radius 1 is 1.42 bits per heavy atom. The van der Waals surface area contributed by atoms with Crippen molar-refractivity contribution < 1.29 is 13.3 Å². The van der Waals surface area contributed by atoms with Gasteiger partial charge in [-0.25, -0.2) is 13.1 Å². The lowest BCUT2D eigenvalue weighted by Gasteiger charge is -2.39. The molecular formula is C15H24ClN3O4S. The Morgan fingerprint density at radius 2 is 2.08 bits per heavy atom. The zero-order chi connectivity index (χ0) is 17.3. The fourth-order valence-electron chi connectivity index (χ4n) is 2.98. The summed E-state index contributed by atoms with van der Waals surface area (Å²) in [5.41, 5.74) is -0.0387. The molecule has 1 aliphatic heterocycles. The topological polar surface area (TPSA) is 101 Å². The molecule has 1 heterocycles. The molecule has 0 aromatic heterocycles. The SMILES string of the molecule is Cc1c([N+](=O)[O-])cccc1S(=O)(=O)NCC1NCCCC1(C)C.Cl. The quantitative estimate of drug-likeness (QED) is 0.606. The van der Waals surface area contributed by atoms with Crippen LogP contribution >= 0.6 is 12.4 Å². The molecule has 1 fully saturated rings. The molecule has 2 rings (SSSR count). The highest BCUT2D eigenvalue weighted by Gasteiger charge is 2.33. The van der Waals surface area contributed by atoms with Gasteiger partial charge in [0, 0.05) is 24.2 Å². The number of nitro groups is 1. The molecule has 2 N–H and O–H groups in total. The highest BCUT2D eigenvalue weighted by Crippen LogP contribution is 2.30. The van der Waals surface area contributed by atoms with Gasteiger partial charge < -0.3 is 5.32 Å². The Kier molecular flexibility index (Phi) is 6.75. The highest BCUT2D eigenvalue weighted by molar-refractivity contribution is 7.89. The van der Waals surface area contributed by atoms with Gasteiger partial charge in [0.15, 0.2) is 0 Å². The molecule has 1 aliphatic rings. The number of benzene rings is 1. The number of halogens is 1. The van der Waals surface area contributed by atoms with Crippen molar-refractivity contribution in [1.29, 1.82) is 0 Å². The Balaban J connectivity index is 0.00000288. The van der Waals surface area contributed by atoms with E-state index >= 15 is 0 Å². The molecule has 7 nitrogen and oxygen atoms in total. The van der Waals surface area contributed by atoms with E-state index in [1.165, 1.54) is 25.1 Å². The van der Waals surface area contributed by atoms with Crippen molar-refractivity contribution in [3.63, 3.8) is 0 Å². The first-order chi connectivity index (χ1) is 10.6. The number of rotatable bonds is 5. The lowest BCUT2D eigenvalue weighted by Crippen LogP contribution is -2.52. The minimum Gasteiger partial charge on any atom is -0.312 e. The van der Waals surface area contributed by atoms with E-state index in [1.54, 1.807) is 0 Å². The molecule has 1 aromatic carbocycles. The van der Waals surface area contributed by atoms with Crippen molar-refractivity contribution >= 4 is 28.1 Å². The minimum atomic E-state index is -3.79. The van der Waals surface area contributed by atoms with Gasteiger partial charge in [0.05, 0.1) is 9.82 Å². The second kappa shape index (κ2) is 7.77. The van der Waals surface area contributed by atoms with E-state index in [4.69, 9.17) is 0 Å². The number of hydrogen-bond donors (Lipinski definition) is 2. The maximum Gasteiger partial charge on any atom is 0.273 e. The molecule has 0 aliphatic carbocycles. The van der Waals surface area contributed by atoms with E-state index in [9.17, 15) is 18.5 Å². The molecule has 0 radical (unpaired) electrons. The first kappa shape index (κ1) is 20.8. The second-order valence-corrected chi connectivity index (χ2v) is 8.34. The van der Waals surface area contributed by atoms with Gasteiger partial charge >= 0.3 is 0 Å². The molecule has 1 saturated heterocycles. The van der Waals surface area contributed by atoms with Crippen LogP contribution in [0.3, 0.4) is 0 Å². The van der Waals surface area contributed by atoms with E-state index in [0.29, 0.717) is 0 Å². The van der Waals surface area contributed by atoms with Crippen LogP contribution in [-0.2, 0) is 10.0 Å². The Labute approximate surface area is 148 Å². The van der Waals surface area contributed by atoms with Crippen LogP contribution < -0.4 is 10.0 Å². The van der Waals surface area contributed by atoms with Gasteiger partial charge in [-0.05, 0) is 37.8 Å². The van der Waals surface area contributed by atoms with Gasteiger partial charge in [-0.1, -0.05) is 19.9 Å². The molecule has 0 saturated carbocycles. The molecule has 1 atom stereocenters. The van der Waals surface area contributed by atoms with E-state index in [2.05, 4.69) is 23.9 Å². The molecular weight excluding hydrogens is 354 g/mol. The van der Waals surface area contributed by atoms with Crippen LogP contribution in [0.25, 0.3) is 0 Å². The lowest BCUT2D eigenvalue weighted by molar-refractivity contribution is -0.385. The summed E-state index contributed by atoms with van der Waals surface area (Å²) >= 11 is 0. The number of nitrogens with one attached hydrogen (secondary N) is 2. The van der Waals surface area contributed by atoms with Crippen LogP contribution in [0.2, 0.25) is 0 Å². The molecule has 136 valence electrons. The van der Waals surface area contributed by atoms with Crippen molar-refractivity contribution in [2.45, 2.75) is 44.6 Å². The summed E-state index contributed by atoms with van der Waals surface area (Å²) in [7, 11) is -3.79. The summed E-state index contributed by atoms with van der Waals surface area (Å²) < 4.78 is 27.6. The molecule has 0 bridgehead atoms. The van der Waals surface area contributed by atoms with Gasteiger partial charge in [0.1, 0.15) is 0 Å². The van der Waals surface area contributed by atoms with Crippen LogP contribution in [-0.4, -0.2) is 32.5 Å². The van der Waals surface area contributed by atoms with Crippen LogP contribution in [0, 0.1) is 22.5 Å². The maximum atomic E-state index is 12.5. The third-order valence-electron chi connectivity index (χ3n) is 4.55. The third-order valence-corrected chi connectivity index (χ3v) is 6.12. The monoisotopic (exact) mass is 377 g/mol. The van der Waals surface area contributed by atoms with Crippen molar-refractivity contribution in [3.05, 3.63) is 33.9 Å². The molecule has 24 heavy (non-hydrogen) atoms. The van der Waals surface area contributed by atoms with Gasteiger partial charge in [0.25, 0.3) is 5.69 Å². The number of nitrogens with zero attached hydrogens (tertiary/aromatic N) is 1. The minimum absolute atomic E-state index is 0. The average molecular weight is 378 g/mol. The zero-order valence-corrected chi connectivity index (χ0v) is 15.7. The number of nitro benzene ring substituents is 1. The Bertz CT molecular complexity index is 707. The van der Waals surface area contributed by atoms with Crippen molar-refractivity contribution in [2.24, 2.45) is 5.41 Å². The number of piperidine rings is 1. The van der Waals surface area contributed by atoms with E-state index < -0.39 is 14.9 Å². The molecule has 9 heteroatoms. The normalized spacial score (nSPS) is 20.2. The number of hydrogen-bond acceptors (Lipinski definition) is 5. The lowest BCUT2D eigenvalue weighted by atomic mass is 9.78. The first-order valence-electron chi connectivity index (χ1n) is 7.62. The van der Waals surface area contributed by atoms with E-state index in [1.807, 2.05) is 0 Å². The molecule has 1 unspecified atom stereocenters. The Hall–Kier alpha value is -1.22. The maximum absolute atomic E-state index is 12.5. The van der Waals surface area contributed by atoms with Crippen LogP contribution in [0.15, 0.2) is 23.1 Å². The van der Waals surface area contributed by atoms with Gasteiger partial charge in [-0.15, -0.1) is 12.4 Å². The fraction of sp³-hybridized carbons (Fsp3) is 0.600. The second-order valence-electron chi connectivity index (χ2n) is 6.61. The molecule has 0 amide bonds. The smallest absolute Gasteiger partial charge is 0.273 e. The highest BCUT2D eigenvalue weighted by atomic mass is 35.5. The van der Waals surface area contributed by atoms with E-state index in [-0.39, 0.29) is 46.6 Å². The van der Waals surface area contributed by atoms with E-state index in [0.717, 1.165) is 19.4 Å². The predicted molar refractivity (Wildman–Crippen MR) is 95.1 cm³/mol. The molecule has 1 aromatic rings. The number of sulfonamides is 1. The summed E-state index contributed by atoms with van der Waals surface area (Å²) in [5, 5.41) is 14.3. The van der Waals surface area contributed by atoms with Crippen molar-refractivity contribution in [1.82, 2.24) is 10.0 Å². The average Bonchev–Trinajstić information content (AvgIpc) is 2.45. The van der Waals surface area contributed by atoms with Crippen LogP contribution in [0.5, 0.6) is 0 Å². The Morgan fingerprint density at radius 3 is 2.67 bits per heavy atom. The predicted octanol–water partition coefficient (Wildman–Crippen LogP) is 2.38. The van der Waals surface area contributed by atoms with Crippen LogP contribution in [0.4, 0.5) is 5.69 Å². The summed E-state index contributed by atoms with van der Waals surface area (Å²) in [6.45, 7) is 6.80. The van der Waals surface area contributed by atoms with Crippen LogP contribution in [0.1, 0.15) is 32.3 Å². The van der Waals surface area contributed by atoms with Gasteiger partial charge in [0.2, 0.25) is 10.0 Å². The fourth-order valence-corrected chi connectivity index (χ4v) is 4.29. The van der Waals surface area contributed by atoms with Crippen molar-refractivity contribution in [2.75, 3.05) is 13.1 Å². The standard InChI is InChI=1S/C15H23N3O4S.ClH/c1-11-12(18(19)20)6-4-7-13(11)23(21,22)17-10-14-15(2,3)8-5-9-16-14;/h4,6-7,14,16-17H,5,8-10H2,1-3H3;1H. The summed E-state index contributed by atoms with van der Waals surface area (Å²) in [4.78, 5) is 10.4. The van der Waals surface area contributed by atoms with Crippen molar-refractivity contribution in [3.8, 4) is 0 Å². The first-order valence-corrected chi connectivity index (χ1v) is 9.10. The third kappa shape index (κ3) is 4.44. The summed E-state index contributed by atoms with van der Waals surface area (Å²) in [6, 6.07) is 4.12. The summed E-state index contributed by atoms with van der Waals surface area (Å²) in [6.07, 6.45) is 2.10. The zero-order valence-electron chi connectivity index (χ0n) is 14.0. The summed E-state index contributed by atoms with van der Waals surface area (Å²) in [5.74, 6) is 0. The van der Waals surface area contributed by atoms with Gasteiger partial charge in [-0.3, -0.25) is 10.1 Å². The molecule has 0 spiro atoms. The van der Waals surface area contributed by atoms with Gasteiger partial charge in [-0.2, -0.15) is 0 Å².